The van der Waals surface area contributed by atoms with Crippen molar-refractivity contribution < 1.29 is 0 Å². The van der Waals surface area contributed by atoms with E-state index >= 15 is 0 Å². The summed E-state index contributed by atoms with van der Waals surface area (Å²) in [5, 5.41) is 2.60. The summed E-state index contributed by atoms with van der Waals surface area (Å²) in [4.78, 5) is 0. The van der Waals surface area contributed by atoms with E-state index in [1.54, 1.807) is 0 Å². The molecule has 3 aromatic rings. The summed E-state index contributed by atoms with van der Waals surface area (Å²) in [5.41, 5.74) is 0. The predicted octanol–water partition coefficient (Wildman–Crippen LogP) is 5.24. The summed E-state index contributed by atoms with van der Waals surface area (Å²) in [6, 6.07) is 21.4. The molecule has 3 rings (SSSR count). The van der Waals surface area contributed by atoms with Crippen LogP contribution in [0.3, 0.4) is 0 Å². The van der Waals surface area contributed by atoms with Gasteiger partial charge in [0.15, 0.2) is 0 Å². The Bertz CT molecular complexity index is 556. The van der Waals surface area contributed by atoms with E-state index in [9.17, 15) is 0 Å². The molecule has 2 heteroatoms. The molecule has 0 aliphatic rings. The van der Waals surface area contributed by atoms with E-state index in [0.717, 1.165) is 0 Å². The third kappa shape index (κ3) is 1.82. The van der Waals surface area contributed by atoms with Crippen LogP contribution in [0, 0.1) is 0 Å². The second-order valence-electron chi connectivity index (χ2n) is 3.58. The first-order valence-electron chi connectivity index (χ1n) is 5.14. The molecule has 0 N–H and O–H groups in total. The highest BCUT2D eigenvalue weighted by molar-refractivity contribution is 7.73. The Morgan fingerprint density at radius 2 is 0.938 bits per heavy atom. The van der Waals surface area contributed by atoms with Crippen LogP contribution in [0.2, 0.25) is 0 Å². The Morgan fingerprint density at radius 3 is 1.44 bits per heavy atom. The quantitative estimate of drug-likeness (QED) is 0.473. The molecule has 0 nitrogen and oxygen atoms in total. The van der Waals surface area contributed by atoms with Crippen LogP contribution in [0.4, 0.5) is 0 Å². The fraction of sp³-hybridized carbons (Fsp3) is 0. The zero-order valence-electron chi connectivity index (χ0n) is 8.59. The van der Waals surface area contributed by atoms with Gasteiger partial charge in [-0.3, -0.25) is 0 Å². The minimum Gasteiger partial charge on any atom is -0.0795 e. The molecular weight excluding hydrogens is 232 g/mol. The molecule has 0 bridgehead atoms. The van der Waals surface area contributed by atoms with E-state index in [1.165, 1.54) is 20.2 Å². The van der Waals surface area contributed by atoms with E-state index in [4.69, 9.17) is 0 Å². The molecule has 1 heterocycles. The largest absolute Gasteiger partial charge is 0.0795 e. The lowest BCUT2D eigenvalue weighted by molar-refractivity contribution is 1.82. The normalized spacial score (nSPS) is 10.5. The van der Waals surface area contributed by atoms with Gasteiger partial charge in [-0.25, -0.2) is 0 Å². The Kier molecular flexibility index (Phi) is 2.60. The molecule has 0 saturated heterocycles. The Morgan fingerprint density at radius 1 is 0.500 bits per heavy atom. The first-order chi connectivity index (χ1) is 7.93. The number of hydrogen-bond acceptors (Lipinski definition) is 2. The summed E-state index contributed by atoms with van der Waals surface area (Å²) in [6.07, 6.45) is 0. The lowest BCUT2D eigenvalue weighted by Crippen LogP contribution is -1.66. The zero-order chi connectivity index (χ0) is 10.8. The number of benzene rings is 2. The molecule has 0 atom stereocenters. The molecule has 0 fully saturated rings. The summed E-state index contributed by atoms with van der Waals surface area (Å²) in [6.45, 7) is 0. The summed E-state index contributed by atoms with van der Waals surface area (Å²) in [7, 11) is 3.66. The van der Waals surface area contributed by atoms with Crippen molar-refractivity contribution in [3.05, 3.63) is 60.7 Å². The second kappa shape index (κ2) is 4.24. The Hall–Kier alpha value is -1.38. The van der Waals surface area contributed by atoms with Crippen LogP contribution in [0.5, 0.6) is 0 Å². The molecule has 0 spiro atoms. The van der Waals surface area contributed by atoms with Crippen molar-refractivity contribution in [2.45, 2.75) is 0 Å². The van der Waals surface area contributed by atoms with E-state index < -0.39 is 0 Å². The monoisotopic (exact) mass is 242 g/mol. The average Bonchev–Trinajstić information content (AvgIpc) is 2.32. The zero-order valence-corrected chi connectivity index (χ0v) is 10.2. The minimum atomic E-state index is 1.30. The maximum Gasteiger partial charge on any atom is 0.0449 e. The summed E-state index contributed by atoms with van der Waals surface area (Å²) < 4.78 is 2.66. The van der Waals surface area contributed by atoms with Crippen LogP contribution in [0.25, 0.3) is 20.2 Å². The summed E-state index contributed by atoms with van der Waals surface area (Å²) in [5.74, 6) is 0. The first kappa shape index (κ1) is 9.82. The van der Waals surface area contributed by atoms with Gasteiger partial charge in [-0.1, -0.05) is 69.2 Å². The SMILES string of the molecule is c1ccc2ssc3ccccc3ccc2c1. The highest BCUT2D eigenvalue weighted by Gasteiger charge is 1.91. The van der Waals surface area contributed by atoms with Gasteiger partial charge in [-0.05, 0) is 22.9 Å². The molecule has 1 aromatic heterocycles. The second-order valence-corrected chi connectivity index (χ2v) is 5.79. The molecule has 0 amide bonds. The van der Waals surface area contributed by atoms with Crippen molar-refractivity contribution in [1.82, 2.24) is 0 Å². The van der Waals surface area contributed by atoms with Crippen LogP contribution < -0.4 is 0 Å². The Balaban J connectivity index is 2.45. The van der Waals surface area contributed by atoms with Gasteiger partial charge in [-0.15, -0.1) is 0 Å². The molecule has 0 saturated carbocycles. The van der Waals surface area contributed by atoms with Crippen molar-refractivity contribution in [1.29, 1.82) is 0 Å². The van der Waals surface area contributed by atoms with Crippen LogP contribution >= 0.6 is 20.7 Å². The maximum absolute atomic E-state index is 2.20. The molecule has 2 aromatic carbocycles. The molecular formula is C14H10S2. The van der Waals surface area contributed by atoms with Crippen LogP contribution in [0.1, 0.15) is 0 Å². The van der Waals surface area contributed by atoms with Gasteiger partial charge in [0.25, 0.3) is 0 Å². The van der Waals surface area contributed by atoms with Gasteiger partial charge in [-0.2, -0.15) is 0 Å². The molecule has 0 radical (unpaired) electrons. The van der Waals surface area contributed by atoms with E-state index in [1.807, 2.05) is 20.7 Å². The van der Waals surface area contributed by atoms with E-state index in [2.05, 4.69) is 60.7 Å². The third-order valence-electron chi connectivity index (χ3n) is 2.50. The number of rotatable bonds is 0. The third-order valence-corrected chi connectivity index (χ3v) is 5.02. The van der Waals surface area contributed by atoms with Crippen LogP contribution in [-0.4, -0.2) is 0 Å². The van der Waals surface area contributed by atoms with Crippen molar-refractivity contribution in [2.24, 2.45) is 0 Å². The van der Waals surface area contributed by atoms with Gasteiger partial charge in [0.05, 0.1) is 0 Å². The van der Waals surface area contributed by atoms with Gasteiger partial charge in [0.1, 0.15) is 0 Å². The molecule has 0 unspecified atom stereocenters. The molecule has 78 valence electrons. The number of fused-ring (bicyclic) bond motifs is 2. The predicted molar refractivity (Wildman–Crippen MR) is 74.8 cm³/mol. The average molecular weight is 242 g/mol. The fourth-order valence-corrected chi connectivity index (χ4v) is 4.02. The molecule has 16 heavy (non-hydrogen) atoms. The van der Waals surface area contributed by atoms with E-state index in [0.29, 0.717) is 0 Å². The van der Waals surface area contributed by atoms with Gasteiger partial charge in [0, 0.05) is 9.40 Å². The van der Waals surface area contributed by atoms with Gasteiger partial charge in [0.2, 0.25) is 0 Å². The molecule has 0 aliphatic heterocycles. The highest BCUT2D eigenvalue weighted by atomic mass is 32.9. The topological polar surface area (TPSA) is 0 Å². The maximum atomic E-state index is 2.20. The fourth-order valence-electron chi connectivity index (χ4n) is 1.66. The van der Waals surface area contributed by atoms with Crippen molar-refractivity contribution in [2.75, 3.05) is 0 Å². The standard InChI is InChI=1S/C14H10S2/c1-3-7-13-11(5-1)9-10-12-6-2-4-8-14(12)16-15-13/h1-10H. The van der Waals surface area contributed by atoms with Crippen molar-refractivity contribution in [3.63, 3.8) is 0 Å². The highest BCUT2D eigenvalue weighted by Crippen LogP contribution is 2.25. The van der Waals surface area contributed by atoms with Crippen molar-refractivity contribution in [3.8, 4) is 0 Å². The first-order valence-corrected chi connectivity index (χ1v) is 7.29. The van der Waals surface area contributed by atoms with Gasteiger partial charge < -0.3 is 0 Å². The van der Waals surface area contributed by atoms with Crippen LogP contribution in [0.15, 0.2) is 60.7 Å². The van der Waals surface area contributed by atoms with E-state index in [-0.39, 0.29) is 0 Å². The van der Waals surface area contributed by atoms with Crippen molar-refractivity contribution >= 4 is 40.9 Å². The Labute approximate surface area is 101 Å². The minimum absolute atomic E-state index is 1.30. The number of hydrogen-bond donors (Lipinski definition) is 0. The lowest BCUT2D eigenvalue weighted by atomic mass is 10.2. The summed E-state index contributed by atoms with van der Waals surface area (Å²) >= 11 is 0. The smallest absolute Gasteiger partial charge is 0.0449 e. The van der Waals surface area contributed by atoms with Crippen LogP contribution in [-0.2, 0) is 0 Å². The molecule has 0 aliphatic carbocycles. The van der Waals surface area contributed by atoms with Gasteiger partial charge >= 0.3 is 0 Å². The lowest BCUT2D eigenvalue weighted by Gasteiger charge is -1.95.